The van der Waals surface area contributed by atoms with Gasteiger partial charge in [-0.15, -0.1) is 0 Å². The van der Waals surface area contributed by atoms with Crippen LogP contribution in [0, 0.1) is 6.92 Å². The Bertz CT molecular complexity index is 1100. The van der Waals surface area contributed by atoms with Crippen LogP contribution in [0.25, 0.3) is 17.0 Å². The van der Waals surface area contributed by atoms with Crippen LogP contribution in [0.2, 0.25) is 0 Å². The Morgan fingerprint density at radius 2 is 1.86 bits per heavy atom. The number of esters is 1. The van der Waals surface area contributed by atoms with Crippen LogP contribution in [-0.4, -0.2) is 13.1 Å². The minimum atomic E-state index is -0.488. The van der Waals surface area contributed by atoms with Crippen LogP contribution in [0.4, 0.5) is 0 Å². The molecule has 0 aliphatic carbocycles. The summed E-state index contributed by atoms with van der Waals surface area (Å²) in [6, 6.07) is 12.6. The molecule has 5 nitrogen and oxygen atoms in total. The van der Waals surface area contributed by atoms with Crippen molar-refractivity contribution in [2.24, 2.45) is 0 Å². The van der Waals surface area contributed by atoms with Crippen LogP contribution in [0.15, 0.2) is 57.8 Å². The number of hydrogen-bond acceptors (Lipinski definition) is 5. The molecular formula is C24H24O5. The second kappa shape index (κ2) is 8.78. The predicted molar refractivity (Wildman–Crippen MR) is 113 cm³/mol. The first-order valence-corrected chi connectivity index (χ1v) is 9.43. The summed E-state index contributed by atoms with van der Waals surface area (Å²) in [6.07, 6.45) is 3.03. The number of aryl methyl sites for hydroxylation is 1. The first-order chi connectivity index (χ1) is 13.9. The minimum absolute atomic E-state index is 0.00547. The van der Waals surface area contributed by atoms with Crippen LogP contribution in [-0.2, 0) is 16.1 Å². The molecule has 0 aliphatic rings. The lowest BCUT2D eigenvalue weighted by molar-refractivity contribution is -0.138. The molecule has 0 saturated carbocycles. The second-order valence-electron chi connectivity index (χ2n) is 7.16. The highest BCUT2D eigenvalue weighted by Crippen LogP contribution is 2.27. The van der Waals surface area contributed by atoms with Gasteiger partial charge in [0.1, 0.15) is 17.9 Å². The molecule has 0 fully saturated rings. The molecule has 0 amide bonds. The average Bonchev–Trinajstić information content (AvgIpc) is 2.69. The van der Waals surface area contributed by atoms with Crippen molar-refractivity contribution < 1.29 is 18.7 Å². The molecule has 0 bridgehead atoms. The normalized spacial score (nSPS) is 11.3. The molecule has 0 N–H and O–H groups in total. The molecule has 29 heavy (non-hydrogen) atoms. The van der Waals surface area contributed by atoms with Crippen LogP contribution in [0.1, 0.15) is 42.0 Å². The summed E-state index contributed by atoms with van der Waals surface area (Å²) in [7, 11) is 1.60. The SMILES string of the molecule is COc1ccc(C=CC(=O)OCc2cc(=O)oc3cc(C)c(C(C)C)cc23)cc1. The Labute approximate surface area is 169 Å². The molecule has 0 saturated heterocycles. The van der Waals surface area contributed by atoms with Gasteiger partial charge in [-0.1, -0.05) is 26.0 Å². The van der Waals surface area contributed by atoms with Crippen LogP contribution in [0.5, 0.6) is 5.75 Å². The van der Waals surface area contributed by atoms with Gasteiger partial charge in [-0.2, -0.15) is 0 Å². The Balaban J connectivity index is 1.78. The number of carbonyl (C=O) groups is 1. The quantitative estimate of drug-likeness (QED) is 0.336. The van der Waals surface area contributed by atoms with E-state index < -0.39 is 11.6 Å². The number of methoxy groups -OCH3 is 1. The Kier molecular flexibility index (Phi) is 6.17. The number of carbonyl (C=O) groups excluding carboxylic acids is 1. The third-order valence-corrected chi connectivity index (χ3v) is 4.74. The van der Waals surface area contributed by atoms with Crippen molar-refractivity contribution in [1.82, 2.24) is 0 Å². The average molecular weight is 392 g/mol. The minimum Gasteiger partial charge on any atom is -0.497 e. The maximum absolute atomic E-state index is 12.1. The lowest BCUT2D eigenvalue weighted by Crippen LogP contribution is -2.06. The highest BCUT2D eigenvalue weighted by molar-refractivity contribution is 5.87. The summed E-state index contributed by atoms with van der Waals surface area (Å²) < 4.78 is 15.8. The summed E-state index contributed by atoms with van der Waals surface area (Å²) in [5.41, 5.74) is 3.74. The second-order valence-corrected chi connectivity index (χ2v) is 7.16. The van der Waals surface area contributed by atoms with Gasteiger partial charge >= 0.3 is 11.6 Å². The number of benzene rings is 2. The fraction of sp³-hybridized carbons (Fsp3) is 0.250. The van der Waals surface area contributed by atoms with Crippen molar-refractivity contribution >= 4 is 23.0 Å². The monoisotopic (exact) mass is 392 g/mol. The van der Waals surface area contributed by atoms with E-state index in [2.05, 4.69) is 13.8 Å². The molecule has 3 rings (SSSR count). The Hall–Kier alpha value is -3.34. The van der Waals surface area contributed by atoms with Crippen molar-refractivity contribution in [3.8, 4) is 5.75 Å². The molecule has 5 heteroatoms. The maximum Gasteiger partial charge on any atom is 0.336 e. The lowest BCUT2D eigenvalue weighted by atomic mass is 9.95. The molecular weight excluding hydrogens is 368 g/mol. The number of fused-ring (bicyclic) bond motifs is 1. The van der Waals surface area contributed by atoms with Gasteiger partial charge < -0.3 is 13.9 Å². The van der Waals surface area contributed by atoms with E-state index in [1.807, 2.05) is 43.3 Å². The molecule has 1 heterocycles. The number of rotatable bonds is 6. The zero-order chi connectivity index (χ0) is 21.0. The van der Waals surface area contributed by atoms with E-state index in [1.54, 1.807) is 13.2 Å². The van der Waals surface area contributed by atoms with E-state index >= 15 is 0 Å². The van der Waals surface area contributed by atoms with Gasteiger partial charge in [0.25, 0.3) is 0 Å². The van der Waals surface area contributed by atoms with Crippen molar-refractivity contribution in [3.05, 3.63) is 81.2 Å². The third-order valence-electron chi connectivity index (χ3n) is 4.74. The first kappa shape index (κ1) is 20.4. The van der Waals surface area contributed by atoms with Crippen molar-refractivity contribution in [2.75, 3.05) is 7.11 Å². The van der Waals surface area contributed by atoms with Crippen LogP contribution >= 0.6 is 0 Å². The van der Waals surface area contributed by atoms with Crippen molar-refractivity contribution in [1.29, 1.82) is 0 Å². The topological polar surface area (TPSA) is 65.7 Å². The van der Waals surface area contributed by atoms with Gasteiger partial charge in [0.15, 0.2) is 0 Å². The largest absolute Gasteiger partial charge is 0.497 e. The summed E-state index contributed by atoms with van der Waals surface area (Å²) >= 11 is 0. The smallest absolute Gasteiger partial charge is 0.336 e. The number of hydrogen-bond donors (Lipinski definition) is 0. The molecule has 2 aromatic carbocycles. The van der Waals surface area contributed by atoms with Gasteiger partial charge in [0, 0.05) is 23.1 Å². The van der Waals surface area contributed by atoms with Gasteiger partial charge in [-0.3, -0.25) is 0 Å². The first-order valence-electron chi connectivity index (χ1n) is 9.43. The Morgan fingerprint density at radius 3 is 2.52 bits per heavy atom. The summed E-state index contributed by atoms with van der Waals surface area (Å²) in [5.74, 6) is 0.586. The van der Waals surface area contributed by atoms with Crippen molar-refractivity contribution in [2.45, 2.75) is 33.3 Å². The highest BCUT2D eigenvalue weighted by atomic mass is 16.5. The molecule has 0 radical (unpaired) electrons. The molecule has 0 aliphatic heterocycles. The molecule has 0 atom stereocenters. The van der Waals surface area contributed by atoms with E-state index in [9.17, 15) is 9.59 Å². The van der Waals surface area contributed by atoms with E-state index in [-0.39, 0.29) is 6.61 Å². The third kappa shape index (κ3) is 4.93. The zero-order valence-corrected chi connectivity index (χ0v) is 17.0. The fourth-order valence-corrected chi connectivity index (χ4v) is 3.21. The van der Waals surface area contributed by atoms with Crippen LogP contribution in [0.3, 0.4) is 0 Å². The van der Waals surface area contributed by atoms with E-state index in [0.29, 0.717) is 17.1 Å². The summed E-state index contributed by atoms with van der Waals surface area (Å²) in [6.45, 7) is 6.20. The summed E-state index contributed by atoms with van der Waals surface area (Å²) in [5, 5.41) is 0.783. The van der Waals surface area contributed by atoms with Crippen LogP contribution < -0.4 is 10.4 Å². The standard InChI is InChI=1S/C24H24O5/c1-15(2)20-13-21-18(12-24(26)29-22(21)11-16(20)3)14-28-23(25)10-7-17-5-8-19(27-4)9-6-17/h5-13,15H,14H2,1-4H3. The van der Waals surface area contributed by atoms with E-state index in [1.165, 1.54) is 17.7 Å². The molecule has 1 aromatic heterocycles. The molecule has 0 unspecified atom stereocenters. The van der Waals surface area contributed by atoms with Crippen molar-refractivity contribution in [3.63, 3.8) is 0 Å². The number of ether oxygens (including phenoxy) is 2. The van der Waals surface area contributed by atoms with E-state index in [4.69, 9.17) is 13.9 Å². The highest BCUT2D eigenvalue weighted by Gasteiger charge is 2.12. The lowest BCUT2D eigenvalue weighted by Gasteiger charge is -2.13. The van der Waals surface area contributed by atoms with Gasteiger partial charge in [0.05, 0.1) is 7.11 Å². The summed E-state index contributed by atoms with van der Waals surface area (Å²) in [4.78, 5) is 24.0. The van der Waals surface area contributed by atoms with E-state index in [0.717, 1.165) is 22.3 Å². The van der Waals surface area contributed by atoms with Gasteiger partial charge in [-0.25, -0.2) is 9.59 Å². The maximum atomic E-state index is 12.1. The van der Waals surface area contributed by atoms with Gasteiger partial charge in [0.2, 0.25) is 0 Å². The molecule has 3 aromatic rings. The fourth-order valence-electron chi connectivity index (χ4n) is 3.21. The van der Waals surface area contributed by atoms with Gasteiger partial charge in [-0.05, 0) is 59.9 Å². The zero-order valence-electron chi connectivity index (χ0n) is 17.0. The molecule has 150 valence electrons. The molecule has 0 spiro atoms. The predicted octanol–water partition coefficient (Wildman–Crippen LogP) is 4.99. The Morgan fingerprint density at radius 1 is 1.14 bits per heavy atom.